The fraction of sp³-hybridized carbons (Fsp3) is 0.200. The van der Waals surface area contributed by atoms with Gasteiger partial charge in [0.25, 0.3) is 0 Å². The Kier molecular flexibility index (Phi) is 2.87. The van der Waals surface area contributed by atoms with Crippen LogP contribution in [0.25, 0.3) is 0 Å². The van der Waals surface area contributed by atoms with Crippen LogP contribution in [0.4, 0.5) is 5.82 Å². The van der Waals surface area contributed by atoms with Gasteiger partial charge in [-0.1, -0.05) is 11.6 Å². The molecule has 4 nitrogen and oxygen atoms in total. The highest BCUT2D eigenvalue weighted by atomic mass is 35.5. The van der Waals surface area contributed by atoms with Gasteiger partial charge in [-0.05, 0) is 12.1 Å². The Labute approximate surface area is 92.9 Å². The summed E-state index contributed by atoms with van der Waals surface area (Å²) in [6.45, 7) is 0.671. The molecule has 0 saturated heterocycles. The van der Waals surface area contributed by atoms with Gasteiger partial charge in [0.15, 0.2) is 0 Å². The second-order valence-corrected chi connectivity index (χ2v) is 3.62. The first-order valence-electron chi connectivity index (χ1n) is 4.57. The minimum absolute atomic E-state index is 0.626. The normalized spacial score (nSPS) is 10.3. The molecule has 0 spiro atoms. The van der Waals surface area contributed by atoms with Crippen molar-refractivity contribution < 1.29 is 0 Å². The molecule has 0 fully saturated rings. The number of nitrogens with zero attached hydrogens (tertiary/aromatic N) is 3. The molecule has 2 rings (SSSR count). The molecule has 0 unspecified atom stereocenters. The quantitative estimate of drug-likeness (QED) is 0.865. The molecule has 0 radical (unpaired) electrons. The predicted octanol–water partition coefficient (Wildman–Crippen LogP) is 2.08. The van der Waals surface area contributed by atoms with E-state index in [9.17, 15) is 0 Å². The summed E-state index contributed by atoms with van der Waals surface area (Å²) in [5.41, 5.74) is 1.10. The monoisotopic (exact) mass is 222 g/mol. The first kappa shape index (κ1) is 9.98. The van der Waals surface area contributed by atoms with Gasteiger partial charge in [-0.15, -0.1) is 0 Å². The summed E-state index contributed by atoms with van der Waals surface area (Å²) >= 11 is 5.95. The lowest BCUT2D eigenvalue weighted by atomic mass is 10.3. The molecule has 2 aromatic heterocycles. The van der Waals surface area contributed by atoms with Gasteiger partial charge < -0.3 is 5.32 Å². The van der Waals surface area contributed by atoms with Gasteiger partial charge >= 0.3 is 0 Å². The van der Waals surface area contributed by atoms with E-state index in [0.29, 0.717) is 17.4 Å². The zero-order valence-corrected chi connectivity index (χ0v) is 9.07. The van der Waals surface area contributed by atoms with Gasteiger partial charge in [0.1, 0.15) is 5.82 Å². The fourth-order valence-corrected chi connectivity index (χ4v) is 1.45. The molecule has 0 aliphatic rings. The lowest BCUT2D eigenvalue weighted by molar-refractivity contribution is 0.767. The van der Waals surface area contributed by atoms with Gasteiger partial charge in [0.2, 0.25) is 0 Å². The van der Waals surface area contributed by atoms with Crippen molar-refractivity contribution in [3.63, 3.8) is 0 Å². The van der Waals surface area contributed by atoms with E-state index in [4.69, 9.17) is 11.6 Å². The smallest absolute Gasteiger partial charge is 0.145 e. The Morgan fingerprint density at radius 3 is 3.07 bits per heavy atom. The van der Waals surface area contributed by atoms with Crippen molar-refractivity contribution in [3.8, 4) is 0 Å². The highest BCUT2D eigenvalue weighted by Gasteiger charge is 2.00. The van der Waals surface area contributed by atoms with Gasteiger partial charge in [0, 0.05) is 31.5 Å². The predicted molar refractivity (Wildman–Crippen MR) is 59.8 cm³/mol. The summed E-state index contributed by atoms with van der Waals surface area (Å²) in [6, 6.07) is 3.61. The Bertz CT molecular complexity index is 452. The Morgan fingerprint density at radius 2 is 2.40 bits per heavy atom. The second-order valence-electron chi connectivity index (χ2n) is 3.21. The highest BCUT2D eigenvalue weighted by Crippen LogP contribution is 2.17. The summed E-state index contributed by atoms with van der Waals surface area (Å²) < 4.78 is 1.76. The lowest BCUT2D eigenvalue weighted by Crippen LogP contribution is -2.00. The molecule has 0 aromatic carbocycles. The third kappa shape index (κ3) is 2.47. The molecule has 0 saturated carbocycles. The van der Waals surface area contributed by atoms with E-state index in [1.807, 2.05) is 19.4 Å². The maximum absolute atomic E-state index is 5.95. The minimum atomic E-state index is 0.626. The van der Waals surface area contributed by atoms with Gasteiger partial charge in [-0.3, -0.25) is 4.68 Å². The first-order chi connectivity index (χ1) is 7.25. The SMILES string of the molecule is Cn1cc(CNc2ncccc2Cl)cn1. The average Bonchev–Trinajstić information content (AvgIpc) is 2.63. The van der Waals surface area contributed by atoms with E-state index in [1.54, 1.807) is 23.0 Å². The number of halogens is 1. The van der Waals surface area contributed by atoms with E-state index >= 15 is 0 Å². The fourth-order valence-electron chi connectivity index (χ4n) is 1.26. The van der Waals surface area contributed by atoms with Crippen molar-refractivity contribution in [2.24, 2.45) is 7.05 Å². The molecule has 2 aromatic rings. The number of aryl methyl sites for hydroxylation is 1. The van der Waals surface area contributed by atoms with E-state index < -0.39 is 0 Å². The molecule has 1 N–H and O–H groups in total. The zero-order chi connectivity index (χ0) is 10.7. The number of nitrogens with one attached hydrogen (secondary N) is 1. The summed E-state index contributed by atoms with van der Waals surface area (Å²) in [5, 5.41) is 7.85. The Morgan fingerprint density at radius 1 is 1.53 bits per heavy atom. The molecule has 0 aliphatic carbocycles. The van der Waals surface area contributed by atoms with Crippen LogP contribution in [0.15, 0.2) is 30.7 Å². The summed E-state index contributed by atoms with van der Waals surface area (Å²) in [4.78, 5) is 4.13. The second kappa shape index (κ2) is 4.31. The van der Waals surface area contributed by atoms with Crippen molar-refractivity contribution in [1.29, 1.82) is 0 Å². The maximum atomic E-state index is 5.95. The number of hydrogen-bond acceptors (Lipinski definition) is 3. The summed E-state index contributed by atoms with van der Waals surface area (Å²) in [5.74, 6) is 0.697. The van der Waals surface area contributed by atoms with E-state index in [-0.39, 0.29) is 0 Å². The first-order valence-corrected chi connectivity index (χ1v) is 4.95. The van der Waals surface area contributed by atoms with Crippen molar-refractivity contribution in [2.75, 3.05) is 5.32 Å². The van der Waals surface area contributed by atoms with Crippen LogP contribution >= 0.6 is 11.6 Å². The minimum Gasteiger partial charge on any atom is -0.365 e. The molecule has 0 amide bonds. The van der Waals surface area contributed by atoms with Crippen LogP contribution in [0, 0.1) is 0 Å². The van der Waals surface area contributed by atoms with Crippen molar-refractivity contribution >= 4 is 17.4 Å². The van der Waals surface area contributed by atoms with Crippen LogP contribution in [-0.4, -0.2) is 14.8 Å². The molecule has 5 heteroatoms. The van der Waals surface area contributed by atoms with Gasteiger partial charge in [-0.2, -0.15) is 5.10 Å². The molecule has 0 bridgehead atoms. The third-order valence-electron chi connectivity index (χ3n) is 1.98. The van der Waals surface area contributed by atoms with Crippen LogP contribution in [0.1, 0.15) is 5.56 Å². The highest BCUT2D eigenvalue weighted by molar-refractivity contribution is 6.32. The molecule has 2 heterocycles. The van der Waals surface area contributed by atoms with E-state index in [2.05, 4.69) is 15.4 Å². The van der Waals surface area contributed by atoms with E-state index in [1.165, 1.54) is 0 Å². The molecule has 78 valence electrons. The van der Waals surface area contributed by atoms with Crippen LogP contribution in [-0.2, 0) is 13.6 Å². The van der Waals surface area contributed by atoms with Crippen molar-refractivity contribution in [1.82, 2.24) is 14.8 Å². The topological polar surface area (TPSA) is 42.7 Å². The van der Waals surface area contributed by atoms with Gasteiger partial charge in [-0.25, -0.2) is 4.98 Å². The number of rotatable bonds is 3. The summed E-state index contributed by atoms with van der Waals surface area (Å²) in [6.07, 6.45) is 5.46. The third-order valence-corrected chi connectivity index (χ3v) is 2.28. The van der Waals surface area contributed by atoms with Gasteiger partial charge in [0.05, 0.1) is 11.2 Å². The lowest BCUT2D eigenvalue weighted by Gasteiger charge is -2.04. The van der Waals surface area contributed by atoms with Crippen LogP contribution < -0.4 is 5.32 Å². The molecule has 15 heavy (non-hydrogen) atoms. The van der Waals surface area contributed by atoms with Crippen LogP contribution in [0.2, 0.25) is 5.02 Å². The summed E-state index contributed by atoms with van der Waals surface area (Å²) in [7, 11) is 1.89. The number of pyridine rings is 1. The number of anilines is 1. The molecule has 0 atom stereocenters. The molecular formula is C10H11ClN4. The standard InChI is InChI=1S/C10H11ClN4/c1-15-7-8(6-14-15)5-13-10-9(11)3-2-4-12-10/h2-4,6-7H,5H2,1H3,(H,12,13). The molecule has 0 aliphatic heterocycles. The van der Waals surface area contributed by atoms with Crippen LogP contribution in [0.5, 0.6) is 0 Å². The number of aromatic nitrogens is 3. The number of hydrogen-bond donors (Lipinski definition) is 1. The Hall–Kier alpha value is -1.55. The van der Waals surface area contributed by atoms with Crippen molar-refractivity contribution in [3.05, 3.63) is 41.3 Å². The van der Waals surface area contributed by atoms with Crippen molar-refractivity contribution in [2.45, 2.75) is 6.54 Å². The largest absolute Gasteiger partial charge is 0.365 e. The van der Waals surface area contributed by atoms with Crippen LogP contribution in [0.3, 0.4) is 0 Å². The molecular weight excluding hydrogens is 212 g/mol. The average molecular weight is 223 g/mol. The maximum Gasteiger partial charge on any atom is 0.145 e. The Balaban J connectivity index is 2.02. The van der Waals surface area contributed by atoms with E-state index in [0.717, 1.165) is 5.56 Å². The zero-order valence-electron chi connectivity index (χ0n) is 8.31.